The van der Waals surface area contributed by atoms with Crippen molar-refractivity contribution in [2.45, 2.75) is 18.8 Å². The Balaban J connectivity index is 1.91. The van der Waals surface area contributed by atoms with Crippen molar-refractivity contribution in [1.82, 2.24) is 9.55 Å². The topological polar surface area (TPSA) is 90.4 Å². The van der Waals surface area contributed by atoms with E-state index in [4.69, 9.17) is 4.74 Å². The van der Waals surface area contributed by atoms with Gasteiger partial charge in [0.1, 0.15) is 24.7 Å². The Kier molecular flexibility index (Phi) is 4.84. The molecule has 0 aliphatic rings. The number of benzene rings is 1. The van der Waals surface area contributed by atoms with Crippen molar-refractivity contribution in [2.75, 3.05) is 6.61 Å². The Bertz CT molecular complexity index is 687. The van der Waals surface area contributed by atoms with Crippen LogP contribution >= 0.6 is 0 Å². The molecule has 1 N–H and O–H groups in total. The third-order valence-corrected chi connectivity index (χ3v) is 2.83. The van der Waals surface area contributed by atoms with Crippen LogP contribution in [0.4, 0.5) is 19.0 Å². The average molecular weight is 331 g/mol. The van der Waals surface area contributed by atoms with Gasteiger partial charge in [-0.2, -0.15) is 13.2 Å². The van der Waals surface area contributed by atoms with Crippen LogP contribution < -0.4 is 4.74 Å². The van der Waals surface area contributed by atoms with Gasteiger partial charge < -0.3 is 24.5 Å². The molecule has 0 spiro atoms. The number of aliphatic hydroxyl groups excluding tert-OH is 1. The standard InChI is InChI=1S/C13H12F3N3O4/c14-13(15,16)9-2-1-3-11(4-9)23-7-10(20)5-18-6-12(17-8-18)19(21)22/h1-4,6,8,10,20H,5,7H2. The molecular weight excluding hydrogens is 319 g/mol. The molecule has 2 rings (SSSR count). The summed E-state index contributed by atoms with van der Waals surface area (Å²) in [4.78, 5) is 13.3. The summed E-state index contributed by atoms with van der Waals surface area (Å²) in [7, 11) is 0. The number of ether oxygens (including phenoxy) is 1. The van der Waals surface area contributed by atoms with Crippen molar-refractivity contribution in [2.24, 2.45) is 0 Å². The zero-order valence-corrected chi connectivity index (χ0v) is 11.6. The van der Waals surface area contributed by atoms with Crippen molar-refractivity contribution in [3.63, 3.8) is 0 Å². The van der Waals surface area contributed by atoms with Gasteiger partial charge in [0.15, 0.2) is 0 Å². The molecule has 1 unspecified atom stereocenters. The molecule has 1 aromatic heterocycles. The largest absolute Gasteiger partial charge is 0.491 e. The first-order valence-corrected chi connectivity index (χ1v) is 6.40. The van der Waals surface area contributed by atoms with Crippen LogP contribution in [0.2, 0.25) is 0 Å². The van der Waals surface area contributed by atoms with Gasteiger partial charge in [-0.1, -0.05) is 6.07 Å². The molecular formula is C13H12F3N3O4. The molecule has 124 valence electrons. The minimum Gasteiger partial charge on any atom is -0.491 e. The van der Waals surface area contributed by atoms with Crippen molar-refractivity contribution in [3.8, 4) is 5.75 Å². The smallest absolute Gasteiger partial charge is 0.416 e. The zero-order chi connectivity index (χ0) is 17.0. The first-order valence-electron chi connectivity index (χ1n) is 6.40. The van der Waals surface area contributed by atoms with E-state index in [2.05, 4.69) is 4.98 Å². The van der Waals surface area contributed by atoms with Gasteiger partial charge in [0, 0.05) is 0 Å². The highest BCUT2D eigenvalue weighted by atomic mass is 19.4. The monoisotopic (exact) mass is 331 g/mol. The molecule has 0 amide bonds. The molecule has 1 aromatic carbocycles. The predicted molar refractivity (Wildman–Crippen MR) is 71.8 cm³/mol. The van der Waals surface area contributed by atoms with Crippen LogP contribution in [0, 0.1) is 10.1 Å². The fourth-order valence-corrected chi connectivity index (χ4v) is 1.79. The van der Waals surface area contributed by atoms with Crippen LogP contribution in [0.1, 0.15) is 5.56 Å². The first-order chi connectivity index (χ1) is 10.8. The molecule has 0 aliphatic heterocycles. The summed E-state index contributed by atoms with van der Waals surface area (Å²) in [5, 5.41) is 20.2. The van der Waals surface area contributed by atoms with Crippen molar-refractivity contribution >= 4 is 5.82 Å². The number of aliphatic hydroxyl groups is 1. The summed E-state index contributed by atoms with van der Waals surface area (Å²) in [6.45, 7) is -0.312. The van der Waals surface area contributed by atoms with E-state index in [1.54, 1.807) is 0 Å². The van der Waals surface area contributed by atoms with Crippen LogP contribution in [-0.2, 0) is 12.7 Å². The summed E-state index contributed by atoms with van der Waals surface area (Å²) in [5.41, 5.74) is -0.852. The molecule has 0 saturated heterocycles. The molecule has 0 saturated carbocycles. The summed E-state index contributed by atoms with van der Waals surface area (Å²) >= 11 is 0. The van der Waals surface area contributed by atoms with Gasteiger partial charge in [0.05, 0.1) is 12.1 Å². The van der Waals surface area contributed by atoms with Gasteiger partial charge in [-0.05, 0) is 28.1 Å². The Morgan fingerprint density at radius 1 is 1.43 bits per heavy atom. The Morgan fingerprint density at radius 2 is 2.17 bits per heavy atom. The van der Waals surface area contributed by atoms with Crippen molar-refractivity contribution in [1.29, 1.82) is 0 Å². The van der Waals surface area contributed by atoms with Gasteiger partial charge in [-0.25, -0.2) is 0 Å². The highest BCUT2D eigenvalue weighted by Crippen LogP contribution is 2.31. The lowest BCUT2D eigenvalue weighted by molar-refractivity contribution is -0.389. The molecule has 0 aliphatic carbocycles. The summed E-state index contributed by atoms with van der Waals surface area (Å²) in [5.74, 6) is -0.397. The van der Waals surface area contributed by atoms with Crippen LogP contribution in [0.25, 0.3) is 0 Å². The third kappa shape index (κ3) is 4.68. The van der Waals surface area contributed by atoms with Crippen LogP contribution in [0.15, 0.2) is 36.8 Å². The van der Waals surface area contributed by atoms with Gasteiger partial charge in [0.25, 0.3) is 0 Å². The maximum Gasteiger partial charge on any atom is 0.416 e. The van der Waals surface area contributed by atoms with Crippen molar-refractivity contribution < 1.29 is 27.9 Å². The van der Waals surface area contributed by atoms with Crippen molar-refractivity contribution in [3.05, 3.63) is 52.5 Å². The predicted octanol–water partition coefficient (Wildman–Crippen LogP) is 2.25. The first kappa shape index (κ1) is 16.7. The number of rotatable bonds is 6. The molecule has 10 heteroatoms. The second kappa shape index (κ2) is 6.65. The molecule has 0 radical (unpaired) electrons. The average Bonchev–Trinajstić information content (AvgIpc) is 2.93. The fourth-order valence-electron chi connectivity index (χ4n) is 1.79. The Labute approximate surface area is 128 Å². The second-order valence-electron chi connectivity index (χ2n) is 4.68. The van der Waals surface area contributed by atoms with Gasteiger partial charge in [-0.3, -0.25) is 0 Å². The molecule has 0 fully saturated rings. The molecule has 1 atom stereocenters. The lowest BCUT2D eigenvalue weighted by Crippen LogP contribution is -2.23. The van der Waals surface area contributed by atoms with E-state index in [0.29, 0.717) is 0 Å². The Hall–Kier alpha value is -2.62. The van der Waals surface area contributed by atoms with Crippen LogP contribution in [0.5, 0.6) is 5.75 Å². The summed E-state index contributed by atoms with van der Waals surface area (Å²) in [6, 6.07) is 4.27. The molecule has 1 heterocycles. The van der Waals surface area contributed by atoms with Gasteiger partial charge in [0.2, 0.25) is 6.33 Å². The number of imidazole rings is 1. The van der Waals surface area contributed by atoms with E-state index in [0.717, 1.165) is 18.3 Å². The lowest BCUT2D eigenvalue weighted by Gasteiger charge is -2.13. The minimum atomic E-state index is -4.48. The zero-order valence-electron chi connectivity index (χ0n) is 11.6. The number of halogens is 3. The normalized spacial score (nSPS) is 12.9. The summed E-state index contributed by atoms with van der Waals surface area (Å²) in [6.07, 6.45) is -3.24. The number of hydrogen-bond donors (Lipinski definition) is 1. The minimum absolute atomic E-state index is 0.0320. The number of nitrogens with zero attached hydrogens (tertiary/aromatic N) is 3. The third-order valence-electron chi connectivity index (χ3n) is 2.83. The summed E-state index contributed by atoms with van der Waals surface area (Å²) < 4.78 is 44.1. The highest BCUT2D eigenvalue weighted by molar-refractivity contribution is 5.30. The number of aromatic nitrogens is 2. The lowest BCUT2D eigenvalue weighted by atomic mass is 10.2. The van der Waals surface area contributed by atoms with E-state index < -0.39 is 22.8 Å². The van der Waals surface area contributed by atoms with E-state index in [9.17, 15) is 28.4 Å². The van der Waals surface area contributed by atoms with Crippen LogP contribution in [0.3, 0.4) is 0 Å². The van der Waals surface area contributed by atoms with Gasteiger partial charge >= 0.3 is 12.0 Å². The quantitative estimate of drug-likeness (QED) is 0.647. The number of alkyl halides is 3. The molecule has 0 bridgehead atoms. The fraction of sp³-hybridized carbons (Fsp3) is 0.308. The van der Waals surface area contributed by atoms with E-state index in [1.807, 2.05) is 0 Å². The Morgan fingerprint density at radius 3 is 2.78 bits per heavy atom. The highest BCUT2D eigenvalue weighted by Gasteiger charge is 2.30. The van der Waals surface area contributed by atoms with E-state index in [1.165, 1.54) is 23.0 Å². The van der Waals surface area contributed by atoms with Gasteiger partial charge in [-0.15, -0.1) is 0 Å². The molecule has 7 nitrogen and oxygen atoms in total. The number of hydrogen-bond acceptors (Lipinski definition) is 5. The number of nitro groups is 1. The molecule has 2 aromatic rings. The van der Waals surface area contributed by atoms with E-state index in [-0.39, 0.29) is 24.7 Å². The van der Waals surface area contributed by atoms with Crippen LogP contribution in [-0.4, -0.2) is 32.3 Å². The molecule has 23 heavy (non-hydrogen) atoms. The maximum absolute atomic E-state index is 12.6. The SMILES string of the molecule is O=[N+]([O-])c1cn(CC(O)COc2cccc(C(F)(F)F)c2)cn1. The second-order valence-corrected chi connectivity index (χ2v) is 4.68. The maximum atomic E-state index is 12.6. The van der Waals surface area contributed by atoms with E-state index >= 15 is 0 Å².